The van der Waals surface area contributed by atoms with Crippen molar-refractivity contribution in [1.29, 1.82) is 0 Å². The summed E-state index contributed by atoms with van der Waals surface area (Å²) in [6.45, 7) is 4.62. The summed E-state index contributed by atoms with van der Waals surface area (Å²) in [6, 6.07) is 9.02. The standard InChI is InChI=1S/C28H36O3/c1-17(16-29)13-18-3-5-19(6-4-18)24-15-28(2)25(11-12-26(28)31)23-9-7-20-14-21(30)8-10-22(20)27(23)24/h3-6,14,17,23-26,29,31H,7-13,15-16H2,1-2H3. The van der Waals surface area contributed by atoms with Crippen LogP contribution in [-0.2, 0) is 11.2 Å². The summed E-state index contributed by atoms with van der Waals surface area (Å²) < 4.78 is 0. The molecule has 4 aliphatic carbocycles. The summed E-state index contributed by atoms with van der Waals surface area (Å²) in [5, 5.41) is 20.4. The zero-order valence-electron chi connectivity index (χ0n) is 18.9. The zero-order valence-corrected chi connectivity index (χ0v) is 18.9. The van der Waals surface area contributed by atoms with Gasteiger partial charge >= 0.3 is 0 Å². The van der Waals surface area contributed by atoms with Gasteiger partial charge in [0.15, 0.2) is 5.78 Å². The number of carbonyl (C=O) groups excluding carboxylic acids is 1. The second-order valence-corrected chi connectivity index (χ2v) is 10.9. The number of allylic oxidation sites excluding steroid dienone is 4. The van der Waals surface area contributed by atoms with Crippen molar-refractivity contribution in [2.24, 2.45) is 23.2 Å². The molecule has 0 spiro atoms. The predicted molar refractivity (Wildman–Crippen MR) is 123 cm³/mol. The molecule has 1 aromatic carbocycles. The van der Waals surface area contributed by atoms with Crippen LogP contribution in [0.15, 0.2) is 47.1 Å². The van der Waals surface area contributed by atoms with Gasteiger partial charge in [-0.3, -0.25) is 4.79 Å². The number of hydrogen-bond donors (Lipinski definition) is 2. The van der Waals surface area contributed by atoms with E-state index in [9.17, 15) is 15.0 Å². The maximum Gasteiger partial charge on any atom is 0.156 e. The molecule has 4 aliphatic rings. The van der Waals surface area contributed by atoms with Crippen molar-refractivity contribution in [1.82, 2.24) is 0 Å². The largest absolute Gasteiger partial charge is 0.396 e. The van der Waals surface area contributed by atoms with Crippen LogP contribution in [0.4, 0.5) is 0 Å². The third-order valence-corrected chi connectivity index (χ3v) is 8.96. The average Bonchev–Trinajstić information content (AvgIpc) is 3.07. The predicted octanol–water partition coefficient (Wildman–Crippen LogP) is 5.12. The molecular weight excluding hydrogens is 384 g/mol. The molecule has 6 unspecified atom stereocenters. The van der Waals surface area contributed by atoms with Crippen molar-refractivity contribution in [3.8, 4) is 0 Å². The number of rotatable bonds is 4. The van der Waals surface area contributed by atoms with Gasteiger partial charge in [0, 0.05) is 18.9 Å². The summed E-state index contributed by atoms with van der Waals surface area (Å²) >= 11 is 0. The minimum absolute atomic E-state index is 0.0187. The maximum atomic E-state index is 12.1. The molecule has 6 atom stereocenters. The first-order chi connectivity index (χ1) is 14.9. The van der Waals surface area contributed by atoms with Gasteiger partial charge in [-0.05, 0) is 96.5 Å². The Kier molecular flexibility index (Phi) is 5.46. The summed E-state index contributed by atoms with van der Waals surface area (Å²) in [7, 11) is 0. The maximum absolute atomic E-state index is 12.1. The first-order valence-corrected chi connectivity index (χ1v) is 12.2. The molecule has 0 aromatic heterocycles. The number of fused-ring (bicyclic) bond motifs is 4. The molecule has 2 fully saturated rings. The molecule has 0 amide bonds. The molecule has 0 saturated heterocycles. The van der Waals surface area contributed by atoms with Crippen LogP contribution in [0.1, 0.15) is 75.8 Å². The van der Waals surface area contributed by atoms with Crippen LogP contribution in [0.2, 0.25) is 0 Å². The van der Waals surface area contributed by atoms with Crippen molar-refractivity contribution >= 4 is 5.78 Å². The lowest BCUT2D eigenvalue weighted by Gasteiger charge is -2.52. The van der Waals surface area contributed by atoms with Crippen LogP contribution < -0.4 is 0 Å². The first-order valence-electron chi connectivity index (χ1n) is 12.2. The number of aliphatic hydroxyl groups is 2. The van der Waals surface area contributed by atoms with Crippen LogP contribution in [0, 0.1) is 23.2 Å². The van der Waals surface area contributed by atoms with E-state index in [-0.39, 0.29) is 29.8 Å². The molecule has 0 heterocycles. The van der Waals surface area contributed by atoms with Crippen molar-refractivity contribution in [3.63, 3.8) is 0 Å². The molecule has 0 bridgehead atoms. The van der Waals surface area contributed by atoms with Gasteiger partial charge in [-0.25, -0.2) is 0 Å². The number of hydrogen-bond acceptors (Lipinski definition) is 3. The molecule has 0 radical (unpaired) electrons. The number of carbonyl (C=O) groups is 1. The highest BCUT2D eigenvalue weighted by molar-refractivity contribution is 5.93. The van der Waals surface area contributed by atoms with Crippen molar-refractivity contribution in [2.45, 2.75) is 77.2 Å². The molecule has 1 aromatic rings. The lowest BCUT2D eigenvalue weighted by molar-refractivity contribution is -0.114. The van der Waals surface area contributed by atoms with Crippen LogP contribution in [0.5, 0.6) is 0 Å². The molecule has 5 rings (SSSR count). The number of ketones is 1. The van der Waals surface area contributed by atoms with Crippen LogP contribution >= 0.6 is 0 Å². The fourth-order valence-corrected chi connectivity index (χ4v) is 7.28. The Labute approximate surface area is 186 Å². The van der Waals surface area contributed by atoms with Gasteiger partial charge in [-0.15, -0.1) is 0 Å². The molecule has 3 heteroatoms. The topological polar surface area (TPSA) is 57.5 Å². The average molecular weight is 421 g/mol. The summed E-state index contributed by atoms with van der Waals surface area (Å²) in [4.78, 5) is 12.1. The van der Waals surface area contributed by atoms with E-state index in [4.69, 9.17) is 0 Å². The fourth-order valence-electron chi connectivity index (χ4n) is 7.28. The zero-order chi connectivity index (χ0) is 21.8. The van der Waals surface area contributed by atoms with E-state index in [2.05, 4.69) is 38.1 Å². The van der Waals surface area contributed by atoms with Crippen molar-refractivity contribution in [3.05, 3.63) is 58.2 Å². The van der Waals surface area contributed by atoms with E-state index in [0.29, 0.717) is 24.2 Å². The summed E-state index contributed by atoms with van der Waals surface area (Å²) in [6.07, 6.45) is 9.34. The Balaban J connectivity index is 1.57. The van der Waals surface area contributed by atoms with Gasteiger partial charge in [0.25, 0.3) is 0 Å². The van der Waals surface area contributed by atoms with Crippen molar-refractivity contribution < 1.29 is 15.0 Å². The molecule has 2 N–H and O–H groups in total. The van der Waals surface area contributed by atoms with E-state index >= 15 is 0 Å². The second-order valence-electron chi connectivity index (χ2n) is 10.9. The minimum Gasteiger partial charge on any atom is -0.396 e. The highest BCUT2D eigenvalue weighted by Gasteiger charge is 2.56. The smallest absolute Gasteiger partial charge is 0.156 e. The number of aliphatic hydroxyl groups excluding tert-OH is 2. The van der Waals surface area contributed by atoms with Crippen molar-refractivity contribution in [2.75, 3.05) is 6.61 Å². The van der Waals surface area contributed by atoms with Crippen LogP contribution in [-0.4, -0.2) is 28.7 Å². The molecule has 31 heavy (non-hydrogen) atoms. The van der Waals surface area contributed by atoms with Gasteiger partial charge in [-0.2, -0.15) is 0 Å². The molecule has 166 valence electrons. The third-order valence-electron chi connectivity index (χ3n) is 8.96. The van der Waals surface area contributed by atoms with E-state index in [1.165, 1.54) is 22.3 Å². The van der Waals surface area contributed by atoms with Crippen LogP contribution in [0.3, 0.4) is 0 Å². The third kappa shape index (κ3) is 3.54. The van der Waals surface area contributed by atoms with Gasteiger partial charge in [-0.1, -0.05) is 43.7 Å². The quantitative estimate of drug-likeness (QED) is 0.711. The number of benzene rings is 1. The fraction of sp³-hybridized carbons (Fsp3) is 0.607. The van der Waals surface area contributed by atoms with Gasteiger partial charge in [0.2, 0.25) is 0 Å². The monoisotopic (exact) mass is 420 g/mol. The Bertz CT molecular complexity index is 924. The minimum atomic E-state index is -0.207. The van der Waals surface area contributed by atoms with E-state index in [0.717, 1.165) is 44.9 Å². The molecule has 0 aliphatic heterocycles. The highest BCUT2D eigenvalue weighted by Crippen LogP contribution is 2.63. The normalized spacial score (nSPS) is 35.9. The van der Waals surface area contributed by atoms with E-state index in [1.54, 1.807) is 5.57 Å². The van der Waals surface area contributed by atoms with Crippen LogP contribution in [0.25, 0.3) is 0 Å². The SMILES string of the molecule is CC(CO)Cc1ccc(C2CC3(C)C(O)CCC3C3CCC4=CC(=O)CCC4=C23)cc1. The Hall–Kier alpha value is -1.71. The highest BCUT2D eigenvalue weighted by atomic mass is 16.3. The summed E-state index contributed by atoms with van der Waals surface area (Å²) in [5.41, 5.74) is 6.97. The van der Waals surface area contributed by atoms with E-state index in [1.807, 2.05) is 6.08 Å². The van der Waals surface area contributed by atoms with Gasteiger partial charge < -0.3 is 10.2 Å². The lowest BCUT2D eigenvalue weighted by atomic mass is 9.53. The second kappa shape index (κ2) is 8.01. The Morgan fingerprint density at radius 3 is 2.61 bits per heavy atom. The Morgan fingerprint density at radius 1 is 1.10 bits per heavy atom. The Morgan fingerprint density at radius 2 is 1.87 bits per heavy atom. The van der Waals surface area contributed by atoms with Gasteiger partial charge in [0.1, 0.15) is 0 Å². The molecular formula is C28H36O3. The van der Waals surface area contributed by atoms with Gasteiger partial charge in [0.05, 0.1) is 6.10 Å². The molecule has 2 saturated carbocycles. The first kappa shape index (κ1) is 21.2. The lowest BCUT2D eigenvalue weighted by Crippen LogP contribution is -2.45. The molecule has 3 nitrogen and oxygen atoms in total. The summed E-state index contributed by atoms with van der Waals surface area (Å²) in [5.74, 6) is 1.98. The van der Waals surface area contributed by atoms with E-state index < -0.39 is 0 Å².